The third-order valence-electron chi connectivity index (χ3n) is 3.45. The van der Waals surface area contributed by atoms with E-state index >= 15 is 0 Å². The highest BCUT2D eigenvalue weighted by Gasteiger charge is 2.18. The van der Waals surface area contributed by atoms with E-state index in [4.69, 9.17) is 0 Å². The number of anilines is 1. The van der Waals surface area contributed by atoms with Crippen LogP contribution < -0.4 is 4.90 Å². The number of hydrogen-bond acceptors (Lipinski definition) is 1. The standard InChI is InChI=1S/C17H16N2O/c1-2-19(13-8-4-3-5-9-13)17(20)15-12-18-16-11-7-6-10-14(15)16/h3-12,18H,2H2,1H3. The number of nitrogens with one attached hydrogen (secondary N) is 1. The zero-order valence-electron chi connectivity index (χ0n) is 11.3. The molecule has 0 spiro atoms. The van der Waals surface area contributed by atoms with E-state index in [0.29, 0.717) is 12.1 Å². The van der Waals surface area contributed by atoms with Gasteiger partial charge in [0.05, 0.1) is 5.56 Å². The van der Waals surface area contributed by atoms with Crippen molar-refractivity contribution in [2.45, 2.75) is 6.92 Å². The Morgan fingerprint density at radius 3 is 2.50 bits per heavy atom. The summed E-state index contributed by atoms with van der Waals surface area (Å²) in [5, 5.41) is 0.965. The molecule has 0 unspecified atom stereocenters. The Hall–Kier alpha value is -2.55. The van der Waals surface area contributed by atoms with E-state index in [1.54, 1.807) is 11.1 Å². The third-order valence-corrected chi connectivity index (χ3v) is 3.45. The van der Waals surface area contributed by atoms with Crippen LogP contribution in [0.2, 0.25) is 0 Å². The highest BCUT2D eigenvalue weighted by molar-refractivity contribution is 6.13. The summed E-state index contributed by atoms with van der Waals surface area (Å²) >= 11 is 0. The Morgan fingerprint density at radius 2 is 1.75 bits per heavy atom. The average molecular weight is 264 g/mol. The van der Waals surface area contributed by atoms with Gasteiger partial charge in [-0.2, -0.15) is 0 Å². The molecule has 3 nitrogen and oxygen atoms in total. The number of carbonyl (C=O) groups excluding carboxylic acids is 1. The second kappa shape index (κ2) is 5.21. The maximum atomic E-state index is 12.8. The summed E-state index contributed by atoms with van der Waals surface area (Å²) in [4.78, 5) is 17.7. The number of rotatable bonds is 3. The lowest BCUT2D eigenvalue weighted by Gasteiger charge is -2.20. The number of benzene rings is 2. The van der Waals surface area contributed by atoms with Crippen molar-refractivity contribution >= 4 is 22.5 Å². The van der Waals surface area contributed by atoms with Crippen molar-refractivity contribution in [3.8, 4) is 0 Å². The predicted molar refractivity (Wildman–Crippen MR) is 82.1 cm³/mol. The molecule has 0 fully saturated rings. The molecule has 0 bridgehead atoms. The van der Waals surface area contributed by atoms with E-state index < -0.39 is 0 Å². The number of aromatic amines is 1. The topological polar surface area (TPSA) is 36.1 Å². The highest BCUT2D eigenvalue weighted by Crippen LogP contribution is 2.22. The molecule has 0 saturated heterocycles. The summed E-state index contributed by atoms with van der Waals surface area (Å²) in [7, 11) is 0. The zero-order chi connectivity index (χ0) is 13.9. The van der Waals surface area contributed by atoms with Gasteiger partial charge in [0.2, 0.25) is 0 Å². The van der Waals surface area contributed by atoms with Gasteiger partial charge in [0.25, 0.3) is 5.91 Å². The second-order valence-electron chi connectivity index (χ2n) is 4.63. The quantitative estimate of drug-likeness (QED) is 0.766. The molecule has 0 saturated carbocycles. The molecule has 2 aromatic carbocycles. The minimum absolute atomic E-state index is 0.0242. The Balaban J connectivity index is 2.03. The van der Waals surface area contributed by atoms with Crippen molar-refractivity contribution in [3.63, 3.8) is 0 Å². The maximum absolute atomic E-state index is 12.8. The lowest BCUT2D eigenvalue weighted by atomic mass is 10.1. The summed E-state index contributed by atoms with van der Waals surface area (Å²) in [6.07, 6.45) is 1.79. The number of carbonyl (C=O) groups is 1. The Bertz CT molecular complexity index is 731. The molecule has 0 aliphatic carbocycles. The van der Waals surface area contributed by atoms with Gasteiger partial charge in [-0.3, -0.25) is 4.79 Å². The number of para-hydroxylation sites is 2. The van der Waals surface area contributed by atoms with Gasteiger partial charge < -0.3 is 9.88 Å². The molecule has 1 amide bonds. The summed E-state index contributed by atoms with van der Waals surface area (Å²) in [6, 6.07) is 17.6. The van der Waals surface area contributed by atoms with Crippen LogP contribution in [0.5, 0.6) is 0 Å². The molecule has 0 atom stereocenters. The molecule has 1 aromatic heterocycles. The van der Waals surface area contributed by atoms with Crippen LogP contribution in [0.3, 0.4) is 0 Å². The Labute approximate surface area is 117 Å². The van der Waals surface area contributed by atoms with Crippen molar-refractivity contribution in [1.29, 1.82) is 0 Å². The van der Waals surface area contributed by atoms with E-state index in [1.807, 2.05) is 61.5 Å². The first-order valence-corrected chi connectivity index (χ1v) is 6.74. The van der Waals surface area contributed by atoms with Crippen LogP contribution in [-0.4, -0.2) is 17.4 Å². The van der Waals surface area contributed by atoms with Crippen LogP contribution >= 0.6 is 0 Å². The fourth-order valence-electron chi connectivity index (χ4n) is 2.45. The van der Waals surface area contributed by atoms with Crippen molar-refractivity contribution in [1.82, 2.24) is 4.98 Å². The number of fused-ring (bicyclic) bond motifs is 1. The van der Waals surface area contributed by atoms with Crippen molar-refractivity contribution in [2.24, 2.45) is 0 Å². The van der Waals surface area contributed by atoms with E-state index in [0.717, 1.165) is 16.6 Å². The minimum atomic E-state index is 0.0242. The summed E-state index contributed by atoms with van der Waals surface area (Å²) in [5.41, 5.74) is 2.62. The van der Waals surface area contributed by atoms with Crippen LogP contribution in [0, 0.1) is 0 Å². The first-order chi connectivity index (χ1) is 9.81. The Morgan fingerprint density at radius 1 is 1.05 bits per heavy atom. The lowest BCUT2D eigenvalue weighted by molar-refractivity contribution is 0.0990. The SMILES string of the molecule is CCN(C(=O)c1c[nH]c2ccccc12)c1ccccc1. The lowest BCUT2D eigenvalue weighted by Crippen LogP contribution is -2.30. The highest BCUT2D eigenvalue weighted by atomic mass is 16.2. The summed E-state index contributed by atoms with van der Waals surface area (Å²) in [6.45, 7) is 2.63. The molecule has 0 aliphatic rings. The van der Waals surface area contributed by atoms with Gasteiger partial charge in [-0.15, -0.1) is 0 Å². The van der Waals surface area contributed by atoms with Crippen LogP contribution in [0.1, 0.15) is 17.3 Å². The minimum Gasteiger partial charge on any atom is -0.360 e. The van der Waals surface area contributed by atoms with Crippen molar-refractivity contribution in [2.75, 3.05) is 11.4 Å². The fourth-order valence-corrected chi connectivity index (χ4v) is 2.45. The molecule has 3 heteroatoms. The van der Waals surface area contributed by atoms with Crippen LogP contribution in [0.25, 0.3) is 10.9 Å². The number of aromatic nitrogens is 1. The van der Waals surface area contributed by atoms with Crippen molar-refractivity contribution < 1.29 is 4.79 Å². The van der Waals surface area contributed by atoms with Gasteiger partial charge in [-0.05, 0) is 25.1 Å². The summed E-state index contributed by atoms with van der Waals surface area (Å²) < 4.78 is 0. The van der Waals surface area contributed by atoms with Gasteiger partial charge in [0, 0.05) is 29.3 Å². The molecular weight excluding hydrogens is 248 g/mol. The maximum Gasteiger partial charge on any atom is 0.260 e. The number of H-pyrrole nitrogens is 1. The molecule has 0 radical (unpaired) electrons. The molecular formula is C17H16N2O. The number of amides is 1. The van der Waals surface area contributed by atoms with Crippen LogP contribution in [0.4, 0.5) is 5.69 Å². The normalized spacial score (nSPS) is 10.7. The molecule has 20 heavy (non-hydrogen) atoms. The molecule has 0 aliphatic heterocycles. The zero-order valence-corrected chi connectivity index (χ0v) is 11.3. The van der Waals surface area contributed by atoms with E-state index in [1.165, 1.54) is 0 Å². The molecule has 1 heterocycles. The fraction of sp³-hybridized carbons (Fsp3) is 0.118. The van der Waals surface area contributed by atoms with Crippen LogP contribution in [0.15, 0.2) is 60.8 Å². The smallest absolute Gasteiger partial charge is 0.260 e. The first kappa shape index (κ1) is 12.5. The van der Waals surface area contributed by atoms with Gasteiger partial charge in [-0.25, -0.2) is 0 Å². The number of hydrogen-bond donors (Lipinski definition) is 1. The van der Waals surface area contributed by atoms with Gasteiger partial charge >= 0.3 is 0 Å². The largest absolute Gasteiger partial charge is 0.360 e. The van der Waals surface area contributed by atoms with Gasteiger partial charge in [0.1, 0.15) is 0 Å². The molecule has 100 valence electrons. The van der Waals surface area contributed by atoms with E-state index in [9.17, 15) is 4.79 Å². The summed E-state index contributed by atoms with van der Waals surface area (Å²) in [5.74, 6) is 0.0242. The average Bonchev–Trinajstić information content (AvgIpc) is 2.93. The first-order valence-electron chi connectivity index (χ1n) is 6.74. The monoisotopic (exact) mass is 264 g/mol. The predicted octanol–water partition coefficient (Wildman–Crippen LogP) is 3.83. The van der Waals surface area contributed by atoms with Gasteiger partial charge in [0.15, 0.2) is 0 Å². The molecule has 3 aromatic rings. The van der Waals surface area contributed by atoms with Crippen molar-refractivity contribution in [3.05, 3.63) is 66.4 Å². The Kier molecular flexibility index (Phi) is 3.25. The molecule has 1 N–H and O–H groups in total. The van der Waals surface area contributed by atoms with Gasteiger partial charge in [-0.1, -0.05) is 36.4 Å². The van der Waals surface area contributed by atoms with Crippen LogP contribution in [-0.2, 0) is 0 Å². The van der Waals surface area contributed by atoms with E-state index in [-0.39, 0.29) is 5.91 Å². The second-order valence-corrected chi connectivity index (χ2v) is 4.63. The van der Waals surface area contributed by atoms with E-state index in [2.05, 4.69) is 4.98 Å². The molecule has 3 rings (SSSR count). The number of nitrogens with zero attached hydrogens (tertiary/aromatic N) is 1. The third kappa shape index (κ3) is 2.07.